The first-order valence-electron chi connectivity index (χ1n) is 3.76. The van der Waals surface area contributed by atoms with Crippen LogP contribution in [0.2, 0.25) is 0 Å². The van der Waals surface area contributed by atoms with Crippen LogP contribution in [-0.2, 0) is 0 Å². The van der Waals surface area contributed by atoms with Gasteiger partial charge in [0.05, 0.1) is 0 Å². The summed E-state index contributed by atoms with van der Waals surface area (Å²) in [4.78, 5) is 7.82. The minimum Gasteiger partial charge on any atom is -0.411 e. The van der Waals surface area contributed by atoms with E-state index in [1.54, 1.807) is 0 Å². The molecule has 1 aromatic carbocycles. The van der Waals surface area contributed by atoms with Gasteiger partial charge in [0.25, 0.3) is 0 Å². The van der Waals surface area contributed by atoms with E-state index in [9.17, 15) is 0 Å². The van der Waals surface area contributed by atoms with Crippen LogP contribution in [0.1, 0.15) is 5.56 Å². The molecule has 62 valence electrons. The molecule has 0 saturated carbocycles. The van der Waals surface area contributed by atoms with Crippen molar-refractivity contribution in [2.24, 2.45) is 5.90 Å². The highest BCUT2D eigenvalue weighted by molar-refractivity contribution is 5.84. The molecule has 2 aromatic rings. The van der Waals surface area contributed by atoms with Crippen LogP contribution in [-0.4, -0.2) is 4.98 Å². The van der Waals surface area contributed by atoms with Gasteiger partial charge in [0.15, 0.2) is 0 Å². The van der Waals surface area contributed by atoms with Gasteiger partial charge >= 0.3 is 0 Å². The molecule has 3 N–H and O–H groups in total. The molecule has 0 aliphatic rings. The molecular formula is C9H10N2O. The number of fused-ring (bicyclic) bond motifs is 1. The molecule has 0 bridgehead atoms. The monoisotopic (exact) mass is 162 g/mol. The van der Waals surface area contributed by atoms with Crippen LogP contribution in [0.4, 0.5) is 0 Å². The van der Waals surface area contributed by atoms with E-state index >= 15 is 0 Å². The summed E-state index contributed by atoms with van der Waals surface area (Å²) < 4.78 is 0. The highest BCUT2D eigenvalue weighted by Gasteiger charge is 2.03. The van der Waals surface area contributed by atoms with Gasteiger partial charge in [0, 0.05) is 22.7 Å². The molecule has 12 heavy (non-hydrogen) atoms. The Kier molecular flexibility index (Phi) is 1.52. The molecule has 0 fully saturated rings. The maximum atomic E-state index is 5.10. The van der Waals surface area contributed by atoms with Crippen molar-refractivity contribution in [1.82, 2.24) is 4.98 Å². The summed E-state index contributed by atoms with van der Waals surface area (Å²) in [5, 5.41) is 1.15. The second-order valence-corrected chi connectivity index (χ2v) is 2.75. The highest BCUT2D eigenvalue weighted by atomic mass is 16.6. The fourth-order valence-electron chi connectivity index (χ4n) is 1.39. The predicted octanol–water partition coefficient (Wildman–Crippen LogP) is 1.73. The van der Waals surface area contributed by atoms with E-state index in [4.69, 9.17) is 10.7 Å². The second kappa shape index (κ2) is 2.53. The zero-order chi connectivity index (χ0) is 8.55. The van der Waals surface area contributed by atoms with E-state index in [-0.39, 0.29) is 0 Å². The van der Waals surface area contributed by atoms with Crippen molar-refractivity contribution in [3.05, 3.63) is 30.0 Å². The van der Waals surface area contributed by atoms with Crippen LogP contribution in [0, 0.1) is 6.92 Å². The zero-order valence-electron chi connectivity index (χ0n) is 6.79. The predicted molar refractivity (Wildman–Crippen MR) is 47.9 cm³/mol. The Balaban J connectivity index is 2.78. The van der Waals surface area contributed by atoms with Crippen molar-refractivity contribution < 1.29 is 4.84 Å². The maximum Gasteiger partial charge on any atom is 0.150 e. The maximum absolute atomic E-state index is 5.10. The number of nitrogens with one attached hydrogen (secondary N) is 1. The Morgan fingerprint density at radius 3 is 2.92 bits per heavy atom. The molecule has 0 amide bonds. The van der Waals surface area contributed by atoms with Gasteiger partial charge in [-0.1, -0.05) is 0 Å². The number of aromatic nitrogens is 1. The number of H-pyrrole nitrogens is 1. The first kappa shape index (κ1) is 7.18. The number of nitrogens with two attached hydrogens (primary N) is 1. The van der Waals surface area contributed by atoms with E-state index < -0.39 is 0 Å². The molecule has 1 heterocycles. The van der Waals surface area contributed by atoms with Crippen molar-refractivity contribution in [1.29, 1.82) is 0 Å². The summed E-state index contributed by atoms with van der Waals surface area (Å²) in [5.41, 5.74) is 2.17. The average molecular weight is 162 g/mol. The van der Waals surface area contributed by atoms with Gasteiger partial charge in [0.2, 0.25) is 0 Å². The van der Waals surface area contributed by atoms with Crippen LogP contribution < -0.4 is 10.7 Å². The first-order chi connectivity index (χ1) is 5.83. The normalized spacial score (nSPS) is 10.5. The summed E-state index contributed by atoms with van der Waals surface area (Å²) >= 11 is 0. The summed E-state index contributed by atoms with van der Waals surface area (Å²) in [5.74, 6) is 5.82. The van der Waals surface area contributed by atoms with Crippen LogP contribution in [0.3, 0.4) is 0 Å². The van der Waals surface area contributed by atoms with Gasteiger partial charge in [0.1, 0.15) is 5.75 Å². The highest BCUT2D eigenvalue weighted by Crippen LogP contribution is 2.25. The van der Waals surface area contributed by atoms with Gasteiger partial charge in [-0.25, -0.2) is 0 Å². The summed E-state index contributed by atoms with van der Waals surface area (Å²) in [7, 11) is 0. The number of benzene rings is 1. The molecule has 0 spiro atoms. The van der Waals surface area contributed by atoms with Crippen LogP contribution in [0.5, 0.6) is 5.75 Å². The van der Waals surface area contributed by atoms with Crippen LogP contribution >= 0.6 is 0 Å². The fourth-order valence-corrected chi connectivity index (χ4v) is 1.39. The largest absolute Gasteiger partial charge is 0.411 e. The van der Waals surface area contributed by atoms with Crippen molar-refractivity contribution in [3.8, 4) is 5.75 Å². The second-order valence-electron chi connectivity index (χ2n) is 2.75. The van der Waals surface area contributed by atoms with E-state index in [2.05, 4.69) is 4.98 Å². The Labute approximate surface area is 70.1 Å². The van der Waals surface area contributed by atoms with Crippen molar-refractivity contribution in [3.63, 3.8) is 0 Å². The van der Waals surface area contributed by atoms with Gasteiger partial charge in [-0.3, -0.25) is 0 Å². The third-order valence-corrected chi connectivity index (χ3v) is 2.08. The minimum absolute atomic E-state index is 0.724. The Hall–Kier alpha value is -1.48. The lowest BCUT2D eigenvalue weighted by atomic mass is 10.1. The smallest absolute Gasteiger partial charge is 0.150 e. The molecule has 3 heteroatoms. The molecular weight excluding hydrogens is 152 g/mol. The van der Waals surface area contributed by atoms with Gasteiger partial charge in [-0.15, -0.1) is 0 Å². The Bertz CT molecular complexity index is 406. The van der Waals surface area contributed by atoms with Crippen molar-refractivity contribution >= 4 is 10.9 Å². The number of rotatable bonds is 1. The Morgan fingerprint density at radius 1 is 1.33 bits per heavy atom. The van der Waals surface area contributed by atoms with Gasteiger partial charge < -0.3 is 9.82 Å². The lowest BCUT2D eigenvalue weighted by Gasteiger charge is -2.03. The molecule has 0 saturated heterocycles. The number of aryl methyl sites for hydroxylation is 1. The van der Waals surface area contributed by atoms with E-state index in [0.717, 1.165) is 22.2 Å². The summed E-state index contributed by atoms with van der Waals surface area (Å²) in [6.45, 7) is 1.98. The lowest BCUT2D eigenvalue weighted by Crippen LogP contribution is -2.03. The third kappa shape index (κ3) is 0.871. The molecule has 2 rings (SSSR count). The molecule has 0 aliphatic heterocycles. The zero-order valence-corrected chi connectivity index (χ0v) is 6.79. The standard InChI is InChI=1S/C9H10N2O/c1-6-7-4-5-11-8(7)2-3-9(6)12-10/h2-5,11H,10H2,1H3. The van der Waals surface area contributed by atoms with Crippen molar-refractivity contribution in [2.75, 3.05) is 0 Å². The summed E-state index contributed by atoms with van der Waals surface area (Å²) in [6.07, 6.45) is 1.90. The number of aromatic amines is 1. The van der Waals surface area contributed by atoms with E-state index in [0.29, 0.717) is 0 Å². The first-order valence-corrected chi connectivity index (χ1v) is 3.76. The molecule has 3 nitrogen and oxygen atoms in total. The fraction of sp³-hybridized carbons (Fsp3) is 0.111. The van der Waals surface area contributed by atoms with Crippen LogP contribution in [0.25, 0.3) is 10.9 Å². The molecule has 0 radical (unpaired) electrons. The number of hydrogen-bond donors (Lipinski definition) is 2. The van der Waals surface area contributed by atoms with E-state index in [1.807, 2.05) is 31.3 Å². The van der Waals surface area contributed by atoms with Gasteiger partial charge in [-0.2, -0.15) is 5.90 Å². The molecule has 0 unspecified atom stereocenters. The quantitative estimate of drug-likeness (QED) is 0.627. The lowest BCUT2D eigenvalue weighted by molar-refractivity contribution is 0.332. The van der Waals surface area contributed by atoms with Crippen molar-refractivity contribution in [2.45, 2.75) is 6.92 Å². The number of hydrogen-bond acceptors (Lipinski definition) is 2. The Morgan fingerprint density at radius 2 is 2.17 bits per heavy atom. The summed E-state index contributed by atoms with van der Waals surface area (Å²) in [6, 6.07) is 5.81. The van der Waals surface area contributed by atoms with Gasteiger partial charge in [-0.05, 0) is 25.1 Å². The van der Waals surface area contributed by atoms with E-state index in [1.165, 1.54) is 0 Å². The molecule has 0 atom stereocenters. The molecule has 1 aromatic heterocycles. The molecule has 0 aliphatic carbocycles. The topological polar surface area (TPSA) is 51.0 Å². The third-order valence-electron chi connectivity index (χ3n) is 2.08. The van der Waals surface area contributed by atoms with Crippen LogP contribution in [0.15, 0.2) is 24.4 Å². The SMILES string of the molecule is Cc1c(ON)ccc2[nH]ccc12. The minimum atomic E-state index is 0.724. The average Bonchev–Trinajstić information content (AvgIpc) is 2.53.